The zero-order chi connectivity index (χ0) is 7.40. The third-order valence-electron chi connectivity index (χ3n) is 1.28. The van der Waals surface area contributed by atoms with E-state index in [9.17, 15) is 0 Å². The standard InChI is InChI=1S/C6H10BrN3/c7-6-5(2-1-3-8)9-4-10-6/h4H,1-3,8H2,(H,9,10). The van der Waals surface area contributed by atoms with Gasteiger partial charge < -0.3 is 10.7 Å². The lowest BCUT2D eigenvalue weighted by Crippen LogP contribution is -2.00. The summed E-state index contributed by atoms with van der Waals surface area (Å²) in [6.45, 7) is 0.722. The Hall–Kier alpha value is -0.350. The van der Waals surface area contributed by atoms with Crippen LogP contribution in [0.3, 0.4) is 0 Å². The van der Waals surface area contributed by atoms with Gasteiger partial charge in [0.2, 0.25) is 0 Å². The number of aryl methyl sites for hydroxylation is 1. The highest BCUT2D eigenvalue weighted by atomic mass is 79.9. The average molecular weight is 204 g/mol. The van der Waals surface area contributed by atoms with Gasteiger partial charge in [0.15, 0.2) is 0 Å². The number of nitrogens with one attached hydrogen (secondary N) is 1. The van der Waals surface area contributed by atoms with E-state index in [-0.39, 0.29) is 0 Å². The zero-order valence-electron chi connectivity index (χ0n) is 5.60. The quantitative estimate of drug-likeness (QED) is 0.773. The number of rotatable bonds is 3. The predicted molar refractivity (Wildman–Crippen MR) is 43.7 cm³/mol. The minimum atomic E-state index is 0.722. The molecule has 56 valence electrons. The summed E-state index contributed by atoms with van der Waals surface area (Å²) in [6.07, 6.45) is 3.61. The van der Waals surface area contributed by atoms with E-state index < -0.39 is 0 Å². The van der Waals surface area contributed by atoms with Crippen LogP contribution in [0.15, 0.2) is 10.9 Å². The molecule has 0 saturated carbocycles. The molecule has 3 N–H and O–H groups in total. The van der Waals surface area contributed by atoms with E-state index in [1.165, 1.54) is 0 Å². The maximum atomic E-state index is 5.34. The van der Waals surface area contributed by atoms with E-state index in [1.54, 1.807) is 6.33 Å². The van der Waals surface area contributed by atoms with E-state index in [2.05, 4.69) is 25.9 Å². The largest absolute Gasteiger partial charge is 0.339 e. The number of imidazole rings is 1. The molecule has 0 saturated heterocycles. The van der Waals surface area contributed by atoms with Gasteiger partial charge in [0, 0.05) is 0 Å². The number of hydrogen-bond donors (Lipinski definition) is 2. The second kappa shape index (κ2) is 3.73. The number of H-pyrrole nitrogens is 1. The molecule has 3 nitrogen and oxygen atoms in total. The molecule has 0 aromatic carbocycles. The van der Waals surface area contributed by atoms with E-state index in [0.717, 1.165) is 29.7 Å². The lowest BCUT2D eigenvalue weighted by molar-refractivity contribution is 0.812. The smallest absolute Gasteiger partial charge is 0.105 e. The first-order chi connectivity index (χ1) is 4.84. The van der Waals surface area contributed by atoms with Crippen molar-refractivity contribution in [2.24, 2.45) is 5.73 Å². The first-order valence-electron chi connectivity index (χ1n) is 3.22. The molecule has 0 aliphatic carbocycles. The van der Waals surface area contributed by atoms with Gasteiger partial charge in [-0.2, -0.15) is 0 Å². The molecule has 0 bridgehead atoms. The van der Waals surface area contributed by atoms with Crippen molar-refractivity contribution in [1.82, 2.24) is 9.97 Å². The summed E-state index contributed by atoms with van der Waals surface area (Å²) in [6, 6.07) is 0. The first kappa shape index (κ1) is 7.75. The highest BCUT2D eigenvalue weighted by Gasteiger charge is 1.99. The van der Waals surface area contributed by atoms with Gasteiger partial charge in [-0.25, -0.2) is 4.98 Å². The van der Waals surface area contributed by atoms with Gasteiger partial charge in [-0.1, -0.05) is 0 Å². The number of aromatic amines is 1. The molecule has 10 heavy (non-hydrogen) atoms. The summed E-state index contributed by atoms with van der Waals surface area (Å²) in [5.41, 5.74) is 6.40. The van der Waals surface area contributed by atoms with Crippen LogP contribution in [0.1, 0.15) is 12.1 Å². The number of nitrogens with zero attached hydrogens (tertiary/aromatic N) is 1. The molecular weight excluding hydrogens is 194 g/mol. The Labute approximate surface area is 68.2 Å². The predicted octanol–water partition coefficient (Wildman–Crippen LogP) is 1.06. The first-order valence-corrected chi connectivity index (χ1v) is 4.01. The maximum Gasteiger partial charge on any atom is 0.105 e. The Morgan fingerprint density at radius 2 is 2.50 bits per heavy atom. The molecule has 0 atom stereocenters. The Kier molecular flexibility index (Phi) is 2.89. The van der Waals surface area contributed by atoms with E-state index in [4.69, 9.17) is 5.73 Å². The number of hydrogen-bond acceptors (Lipinski definition) is 2. The van der Waals surface area contributed by atoms with Crippen molar-refractivity contribution in [3.63, 3.8) is 0 Å². The Morgan fingerprint density at radius 3 is 3.00 bits per heavy atom. The molecule has 0 amide bonds. The molecule has 4 heteroatoms. The molecule has 1 heterocycles. The minimum Gasteiger partial charge on any atom is -0.339 e. The Balaban J connectivity index is 2.49. The van der Waals surface area contributed by atoms with Crippen molar-refractivity contribution in [1.29, 1.82) is 0 Å². The van der Waals surface area contributed by atoms with Crippen molar-refractivity contribution >= 4 is 15.9 Å². The molecule has 0 radical (unpaired) electrons. The summed E-state index contributed by atoms with van der Waals surface area (Å²) in [4.78, 5) is 7.04. The number of aromatic nitrogens is 2. The van der Waals surface area contributed by atoms with Gasteiger partial charge in [-0.05, 0) is 35.3 Å². The SMILES string of the molecule is NCCCc1nc[nH]c1Br. The second-order valence-electron chi connectivity index (χ2n) is 2.06. The summed E-state index contributed by atoms with van der Waals surface area (Å²) in [5, 5.41) is 0. The van der Waals surface area contributed by atoms with Gasteiger partial charge in [0.25, 0.3) is 0 Å². The highest BCUT2D eigenvalue weighted by molar-refractivity contribution is 9.10. The minimum absolute atomic E-state index is 0.722. The molecule has 0 aliphatic rings. The van der Waals surface area contributed by atoms with E-state index in [0.29, 0.717) is 0 Å². The molecular formula is C6H10BrN3. The van der Waals surface area contributed by atoms with Crippen molar-refractivity contribution in [3.8, 4) is 0 Å². The van der Waals surface area contributed by atoms with E-state index >= 15 is 0 Å². The van der Waals surface area contributed by atoms with Crippen LogP contribution in [0, 0.1) is 0 Å². The summed E-state index contributed by atoms with van der Waals surface area (Å²) < 4.78 is 0.973. The normalized spacial score (nSPS) is 10.2. The van der Waals surface area contributed by atoms with Crippen LogP contribution in [0.25, 0.3) is 0 Å². The van der Waals surface area contributed by atoms with Crippen molar-refractivity contribution in [2.75, 3.05) is 6.54 Å². The summed E-state index contributed by atoms with van der Waals surface area (Å²) in [5.74, 6) is 0. The van der Waals surface area contributed by atoms with Crippen LogP contribution in [0.4, 0.5) is 0 Å². The molecule has 0 spiro atoms. The van der Waals surface area contributed by atoms with Gasteiger partial charge >= 0.3 is 0 Å². The van der Waals surface area contributed by atoms with Gasteiger partial charge in [0.1, 0.15) is 4.60 Å². The van der Waals surface area contributed by atoms with Crippen LogP contribution in [0.5, 0.6) is 0 Å². The van der Waals surface area contributed by atoms with Crippen molar-refractivity contribution in [3.05, 3.63) is 16.6 Å². The Bertz CT molecular complexity index is 197. The third kappa shape index (κ3) is 1.82. The molecule has 0 unspecified atom stereocenters. The lowest BCUT2D eigenvalue weighted by atomic mass is 10.2. The van der Waals surface area contributed by atoms with Gasteiger partial charge in [-0.15, -0.1) is 0 Å². The fourth-order valence-electron chi connectivity index (χ4n) is 0.751. The average Bonchev–Trinajstić information content (AvgIpc) is 2.31. The van der Waals surface area contributed by atoms with Crippen LogP contribution in [-0.2, 0) is 6.42 Å². The summed E-state index contributed by atoms with van der Waals surface area (Å²) in [7, 11) is 0. The monoisotopic (exact) mass is 203 g/mol. The third-order valence-corrected chi connectivity index (χ3v) is 1.97. The molecule has 1 aromatic rings. The Morgan fingerprint density at radius 1 is 1.70 bits per heavy atom. The summed E-state index contributed by atoms with van der Waals surface area (Å²) >= 11 is 3.34. The second-order valence-corrected chi connectivity index (χ2v) is 2.85. The lowest BCUT2D eigenvalue weighted by Gasteiger charge is -1.92. The molecule has 0 aliphatic heterocycles. The van der Waals surface area contributed by atoms with Crippen LogP contribution >= 0.6 is 15.9 Å². The maximum absolute atomic E-state index is 5.34. The number of nitrogens with two attached hydrogens (primary N) is 1. The van der Waals surface area contributed by atoms with E-state index in [1.807, 2.05) is 0 Å². The van der Waals surface area contributed by atoms with Crippen LogP contribution in [-0.4, -0.2) is 16.5 Å². The molecule has 1 aromatic heterocycles. The number of halogens is 1. The fourth-order valence-corrected chi connectivity index (χ4v) is 1.15. The van der Waals surface area contributed by atoms with Gasteiger partial charge in [-0.3, -0.25) is 0 Å². The van der Waals surface area contributed by atoms with Crippen molar-refractivity contribution in [2.45, 2.75) is 12.8 Å². The molecule has 1 rings (SSSR count). The molecule has 0 fully saturated rings. The topological polar surface area (TPSA) is 54.7 Å². The van der Waals surface area contributed by atoms with Crippen LogP contribution in [0.2, 0.25) is 0 Å². The van der Waals surface area contributed by atoms with Crippen LogP contribution < -0.4 is 5.73 Å². The van der Waals surface area contributed by atoms with Gasteiger partial charge in [0.05, 0.1) is 12.0 Å². The highest BCUT2D eigenvalue weighted by Crippen LogP contribution is 2.11. The van der Waals surface area contributed by atoms with Crippen molar-refractivity contribution < 1.29 is 0 Å². The zero-order valence-corrected chi connectivity index (χ0v) is 7.19. The fraction of sp³-hybridized carbons (Fsp3) is 0.500.